The number of hydrogen-bond donors (Lipinski definition) is 1. The second kappa shape index (κ2) is 5.38. The molecule has 1 N–H and O–H groups in total. The molecule has 0 aliphatic rings. The Morgan fingerprint density at radius 3 is 2.55 bits per heavy atom. The lowest BCUT2D eigenvalue weighted by atomic mass is 10.2. The summed E-state index contributed by atoms with van der Waals surface area (Å²) < 4.78 is 1.61. The van der Waals surface area contributed by atoms with Crippen molar-refractivity contribution in [3.63, 3.8) is 0 Å². The first-order valence-electron chi connectivity index (χ1n) is 5.54. The summed E-state index contributed by atoms with van der Waals surface area (Å²) in [7, 11) is 0. The first kappa shape index (κ1) is 14.1. The van der Waals surface area contributed by atoms with Crippen LogP contribution in [0.25, 0.3) is 5.69 Å². The quantitative estimate of drug-likeness (QED) is 0.864. The third-order valence-corrected chi connectivity index (χ3v) is 3.05. The number of aromatic nitrogens is 2. The van der Waals surface area contributed by atoms with E-state index in [1.54, 1.807) is 24.3 Å². The number of Topliss-reactive ketones (excluding diaryl/α,β-unsaturated/α-hetero) is 1. The molecule has 0 fully saturated rings. The van der Waals surface area contributed by atoms with Gasteiger partial charge in [-0.15, -0.1) is 0 Å². The zero-order valence-electron chi connectivity index (χ0n) is 10.3. The van der Waals surface area contributed by atoms with Crippen LogP contribution in [-0.2, 0) is 0 Å². The van der Waals surface area contributed by atoms with Crippen molar-refractivity contribution < 1.29 is 14.7 Å². The number of benzene rings is 1. The highest BCUT2D eigenvalue weighted by atomic mass is 79.9. The van der Waals surface area contributed by atoms with E-state index in [1.165, 1.54) is 6.92 Å². The van der Waals surface area contributed by atoms with Crippen LogP contribution < -0.4 is 5.56 Å². The van der Waals surface area contributed by atoms with Gasteiger partial charge in [-0.05, 0) is 24.3 Å². The number of carbonyl (C=O) groups excluding carboxylic acids is 1. The maximum atomic E-state index is 12.1. The van der Waals surface area contributed by atoms with Crippen LogP contribution in [0.2, 0.25) is 0 Å². The third kappa shape index (κ3) is 2.67. The summed E-state index contributed by atoms with van der Waals surface area (Å²) >= 11 is 3.25. The van der Waals surface area contributed by atoms with E-state index in [9.17, 15) is 14.4 Å². The standard InChI is InChI=1S/C13H9BrN2O4/c1-7(17)11-6-10(13(19)20)12(18)16(15-11)9-4-2-3-8(14)5-9/h2-6H,1H3,(H,19,20). The summed E-state index contributed by atoms with van der Waals surface area (Å²) in [5.74, 6) is -1.82. The molecular weight excluding hydrogens is 328 g/mol. The normalized spacial score (nSPS) is 10.3. The lowest BCUT2D eigenvalue weighted by Gasteiger charge is -2.07. The number of carbonyl (C=O) groups is 2. The van der Waals surface area contributed by atoms with Gasteiger partial charge in [-0.2, -0.15) is 9.78 Å². The van der Waals surface area contributed by atoms with Gasteiger partial charge in [-0.1, -0.05) is 22.0 Å². The van der Waals surface area contributed by atoms with Crippen molar-refractivity contribution in [2.45, 2.75) is 6.92 Å². The summed E-state index contributed by atoms with van der Waals surface area (Å²) in [5, 5.41) is 12.9. The Bertz CT molecular complexity index is 767. The van der Waals surface area contributed by atoms with E-state index >= 15 is 0 Å². The average molecular weight is 337 g/mol. The van der Waals surface area contributed by atoms with Crippen LogP contribution in [-0.4, -0.2) is 26.6 Å². The molecule has 0 unspecified atom stereocenters. The first-order chi connectivity index (χ1) is 9.40. The topological polar surface area (TPSA) is 89.3 Å². The zero-order valence-corrected chi connectivity index (χ0v) is 11.9. The van der Waals surface area contributed by atoms with E-state index in [4.69, 9.17) is 5.11 Å². The Hall–Kier alpha value is -2.28. The van der Waals surface area contributed by atoms with Crippen LogP contribution in [0.1, 0.15) is 27.8 Å². The minimum absolute atomic E-state index is 0.0815. The number of aromatic carboxylic acids is 1. The lowest BCUT2D eigenvalue weighted by molar-refractivity contribution is 0.0694. The van der Waals surface area contributed by atoms with E-state index in [-0.39, 0.29) is 5.69 Å². The van der Waals surface area contributed by atoms with Crippen molar-refractivity contribution in [3.05, 3.63) is 56.4 Å². The van der Waals surface area contributed by atoms with E-state index < -0.39 is 22.9 Å². The fourth-order valence-corrected chi connectivity index (χ4v) is 1.99. The Morgan fingerprint density at radius 1 is 1.30 bits per heavy atom. The molecule has 1 heterocycles. The van der Waals surface area contributed by atoms with E-state index in [2.05, 4.69) is 21.0 Å². The van der Waals surface area contributed by atoms with Crippen molar-refractivity contribution in [2.75, 3.05) is 0 Å². The number of nitrogens with zero attached hydrogens (tertiary/aromatic N) is 2. The molecule has 0 aliphatic heterocycles. The number of carboxylic acid groups (broad SMARTS) is 1. The molecule has 1 aromatic carbocycles. The van der Waals surface area contributed by atoms with E-state index in [0.29, 0.717) is 10.2 Å². The minimum atomic E-state index is -1.40. The van der Waals surface area contributed by atoms with Gasteiger partial charge in [0, 0.05) is 11.4 Å². The first-order valence-corrected chi connectivity index (χ1v) is 6.34. The molecule has 102 valence electrons. The highest BCUT2D eigenvalue weighted by Gasteiger charge is 2.17. The van der Waals surface area contributed by atoms with Gasteiger partial charge < -0.3 is 5.11 Å². The lowest BCUT2D eigenvalue weighted by Crippen LogP contribution is -2.29. The number of rotatable bonds is 3. The highest BCUT2D eigenvalue weighted by Crippen LogP contribution is 2.14. The molecule has 0 saturated carbocycles. The fourth-order valence-electron chi connectivity index (χ4n) is 1.60. The molecule has 0 radical (unpaired) electrons. The van der Waals surface area contributed by atoms with Gasteiger partial charge in [0.25, 0.3) is 5.56 Å². The van der Waals surface area contributed by atoms with Crippen LogP contribution in [0.3, 0.4) is 0 Å². The summed E-state index contributed by atoms with van der Waals surface area (Å²) in [5.41, 5.74) is -0.997. The maximum absolute atomic E-state index is 12.1. The van der Waals surface area contributed by atoms with Crippen LogP contribution in [0.5, 0.6) is 0 Å². The Labute approximate surface area is 121 Å². The molecule has 0 atom stereocenters. The van der Waals surface area contributed by atoms with Crippen LogP contribution in [0.15, 0.2) is 39.6 Å². The van der Waals surface area contributed by atoms with Gasteiger partial charge in [0.2, 0.25) is 0 Å². The molecule has 0 aliphatic carbocycles. The second-order valence-corrected chi connectivity index (χ2v) is 4.92. The van der Waals surface area contributed by atoms with Crippen molar-refractivity contribution in [1.29, 1.82) is 0 Å². The molecule has 1 aromatic heterocycles. The summed E-state index contributed by atoms with van der Waals surface area (Å²) in [6.45, 7) is 1.25. The summed E-state index contributed by atoms with van der Waals surface area (Å²) in [6, 6.07) is 7.61. The Morgan fingerprint density at radius 2 is 2.00 bits per heavy atom. The maximum Gasteiger partial charge on any atom is 0.341 e. The summed E-state index contributed by atoms with van der Waals surface area (Å²) in [6.07, 6.45) is 0. The Balaban J connectivity index is 2.78. The third-order valence-electron chi connectivity index (χ3n) is 2.56. The highest BCUT2D eigenvalue weighted by molar-refractivity contribution is 9.10. The van der Waals surface area contributed by atoms with Crippen LogP contribution >= 0.6 is 15.9 Å². The second-order valence-electron chi connectivity index (χ2n) is 4.00. The predicted octanol–water partition coefficient (Wildman–Crippen LogP) is 1.90. The molecule has 7 heteroatoms. The molecule has 2 rings (SSSR count). The van der Waals surface area contributed by atoms with E-state index in [1.807, 2.05) is 0 Å². The van der Waals surface area contributed by atoms with Crippen molar-refractivity contribution in [1.82, 2.24) is 9.78 Å². The Kier molecular flexibility index (Phi) is 3.80. The van der Waals surface area contributed by atoms with Crippen LogP contribution in [0, 0.1) is 0 Å². The average Bonchev–Trinajstić information content (AvgIpc) is 2.38. The van der Waals surface area contributed by atoms with Crippen molar-refractivity contribution in [3.8, 4) is 5.69 Å². The monoisotopic (exact) mass is 336 g/mol. The molecule has 0 amide bonds. The number of carboxylic acids is 1. The molecular formula is C13H9BrN2O4. The number of halogens is 1. The molecule has 20 heavy (non-hydrogen) atoms. The van der Waals surface area contributed by atoms with Crippen molar-refractivity contribution in [2.24, 2.45) is 0 Å². The molecule has 2 aromatic rings. The van der Waals surface area contributed by atoms with Crippen LogP contribution in [0.4, 0.5) is 0 Å². The molecule has 0 saturated heterocycles. The number of ketones is 1. The number of hydrogen-bond acceptors (Lipinski definition) is 4. The van der Waals surface area contributed by atoms with Gasteiger partial charge in [-0.25, -0.2) is 4.79 Å². The zero-order chi connectivity index (χ0) is 14.9. The molecule has 0 spiro atoms. The van der Waals surface area contributed by atoms with Gasteiger partial charge >= 0.3 is 5.97 Å². The van der Waals surface area contributed by atoms with Gasteiger partial charge in [0.15, 0.2) is 5.78 Å². The van der Waals surface area contributed by atoms with E-state index in [0.717, 1.165) is 10.7 Å². The minimum Gasteiger partial charge on any atom is -0.477 e. The smallest absolute Gasteiger partial charge is 0.341 e. The predicted molar refractivity (Wildman–Crippen MR) is 74.5 cm³/mol. The SMILES string of the molecule is CC(=O)c1cc(C(=O)O)c(=O)n(-c2cccc(Br)c2)n1. The largest absolute Gasteiger partial charge is 0.477 e. The van der Waals surface area contributed by atoms with Crippen molar-refractivity contribution >= 4 is 27.7 Å². The van der Waals surface area contributed by atoms with Gasteiger partial charge in [-0.3, -0.25) is 9.59 Å². The fraction of sp³-hybridized carbons (Fsp3) is 0.0769. The van der Waals surface area contributed by atoms with Gasteiger partial charge in [0.1, 0.15) is 11.3 Å². The summed E-state index contributed by atoms with van der Waals surface area (Å²) in [4.78, 5) is 34.6. The van der Waals surface area contributed by atoms with Gasteiger partial charge in [0.05, 0.1) is 5.69 Å². The molecule has 0 bridgehead atoms. The molecule has 6 nitrogen and oxygen atoms in total.